The molecule has 0 aromatic carbocycles. The molecule has 0 unspecified atom stereocenters. The van der Waals surface area contributed by atoms with E-state index in [1.807, 2.05) is 24.8 Å². The molecule has 5 heteroatoms. The Balaban J connectivity index is 2.16. The van der Waals surface area contributed by atoms with E-state index in [1.165, 1.54) is 0 Å². The minimum atomic E-state index is -0.778. The van der Waals surface area contributed by atoms with Crippen molar-refractivity contribution in [3.05, 3.63) is 17.5 Å². The normalized spacial score (nSPS) is 14.7. The molecular formula is C12H17N3O2. The topological polar surface area (TPSA) is 66.3 Å². The molecule has 1 saturated carbocycles. The van der Waals surface area contributed by atoms with Gasteiger partial charge in [-0.1, -0.05) is 0 Å². The number of carbonyl (C=O) groups is 1. The van der Waals surface area contributed by atoms with Crippen molar-refractivity contribution in [2.24, 2.45) is 0 Å². The quantitative estimate of drug-likeness (QED) is 0.838. The molecule has 0 atom stereocenters. The highest BCUT2D eigenvalue weighted by Crippen LogP contribution is 2.30. The molecule has 1 aromatic rings. The predicted molar refractivity (Wildman–Crippen MR) is 64.1 cm³/mol. The summed E-state index contributed by atoms with van der Waals surface area (Å²) in [6, 6.07) is 2.35. The Morgan fingerprint density at radius 1 is 1.41 bits per heavy atom. The molecular weight excluding hydrogens is 218 g/mol. The fourth-order valence-electron chi connectivity index (χ4n) is 1.88. The summed E-state index contributed by atoms with van der Waals surface area (Å²) in [5.41, 5.74) is 1.85. The second-order valence-corrected chi connectivity index (χ2v) is 4.52. The van der Waals surface area contributed by atoms with Crippen LogP contribution in [-0.4, -0.2) is 33.6 Å². The maximum atomic E-state index is 10.6. The van der Waals surface area contributed by atoms with Gasteiger partial charge in [0.25, 0.3) is 0 Å². The fourth-order valence-corrected chi connectivity index (χ4v) is 1.88. The van der Waals surface area contributed by atoms with E-state index in [-0.39, 0.29) is 6.42 Å². The molecule has 17 heavy (non-hydrogen) atoms. The minimum absolute atomic E-state index is 0.132. The molecule has 5 nitrogen and oxygen atoms in total. The molecule has 0 aliphatic heterocycles. The van der Waals surface area contributed by atoms with Crippen LogP contribution in [0.3, 0.4) is 0 Å². The number of aryl methyl sites for hydroxylation is 2. The molecule has 1 fully saturated rings. The molecule has 1 aromatic heterocycles. The summed E-state index contributed by atoms with van der Waals surface area (Å²) >= 11 is 0. The third-order valence-corrected chi connectivity index (χ3v) is 2.78. The second-order valence-electron chi connectivity index (χ2n) is 4.52. The van der Waals surface area contributed by atoms with Gasteiger partial charge in [-0.3, -0.25) is 4.79 Å². The van der Waals surface area contributed by atoms with Crippen molar-refractivity contribution in [2.45, 2.75) is 39.2 Å². The predicted octanol–water partition coefficient (Wildman–Crippen LogP) is 1.54. The average Bonchev–Trinajstić information content (AvgIpc) is 3.00. The molecule has 1 aliphatic carbocycles. The maximum absolute atomic E-state index is 10.6. The average molecular weight is 235 g/mol. The molecule has 0 bridgehead atoms. The third kappa shape index (κ3) is 3.15. The van der Waals surface area contributed by atoms with Crippen LogP contribution < -0.4 is 4.90 Å². The van der Waals surface area contributed by atoms with Gasteiger partial charge in [0.2, 0.25) is 5.95 Å². The van der Waals surface area contributed by atoms with Crippen LogP contribution in [0.15, 0.2) is 6.07 Å². The number of aromatic nitrogens is 2. The van der Waals surface area contributed by atoms with Crippen LogP contribution in [0, 0.1) is 13.8 Å². The molecule has 1 aliphatic rings. The van der Waals surface area contributed by atoms with Crippen LogP contribution in [0.4, 0.5) is 5.95 Å². The van der Waals surface area contributed by atoms with Crippen molar-refractivity contribution in [1.82, 2.24) is 9.97 Å². The molecule has 2 rings (SSSR count). The SMILES string of the molecule is Cc1cc(C)nc(N(CCC(=O)O)C2CC2)n1. The van der Waals surface area contributed by atoms with Crippen molar-refractivity contribution >= 4 is 11.9 Å². The summed E-state index contributed by atoms with van der Waals surface area (Å²) in [5.74, 6) is -0.105. The van der Waals surface area contributed by atoms with Crippen molar-refractivity contribution in [1.29, 1.82) is 0 Å². The smallest absolute Gasteiger partial charge is 0.305 e. The van der Waals surface area contributed by atoms with Gasteiger partial charge in [-0.05, 0) is 32.8 Å². The van der Waals surface area contributed by atoms with Crippen molar-refractivity contribution < 1.29 is 9.90 Å². The zero-order valence-electron chi connectivity index (χ0n) is 10.2. The van der Waals surface area contributed by atoms with E-state index in [4.69, 9.17) is 5.11 Å². The first-order chi connectivity index (χ1) is 8.06. The number of anilines is 1. The van der Waals surface area contributed by atoms with Crippen molar-refractivity contribution in [3.63, 3.8) is 0 Å². The Hall–Kier alpha value is -1.65. The van der Waals surface area contributed by atoms with E-state index < -0.39 is 5.97 Å². The standard InChI is InChI=1S/C12H17N3O2/c1-8-7-9(2)14-12(13-8)15(10-3-4-10)6-5-11(16)17/h7,10H,3-6H2,1-2H3,(H,16,17). The summed E-state index contributed by atoms with van der Waals surface area (Å²) in [4.78, 5) is 21.5. The summed E-state index contributed by atoms with van der Waals surface area (Å²) in [5, 5.41) is 8.75. The molecule has 0 saturated heterocycles. The van der Waals surface area contributed by atoms with Gasteiger partial charge in [0.15, 0.2) is 0 Å². The Kier molecular flexibility index (Phi) is 3.26. The Morgan fingerprint density at radius 3 is 2.47 bits per heavy atom. The molecule has 1 heterocycles. The van der Waals surface area contributed by atoms with E-state index >= 15 is 0 Å². The van der Waals surface area contributed by atoms with Crippen LogP contribution in [0.25, 0.3) is 0 Å². The highest BCUT2D eigenvalue weighted by atomic mass is 16.4. The van der Waals surface area contributed by atoms with Gasteiger partial charge in [-0.15, -0.1) is 0 Å². The lowest BCUT2D eigenvalue weighted by Crippen LogP contribution is -2.30. The lowest BCUT2D eigenvalue weighted by Gasteiger charge is -2.22. The molecule has 92 valence electrons. The molecule has 1 N–H and O–H groups in total. The van der Waals surface area contributed by atoms with E-state index in [1.54, 1.807) is 0 Å². The van der Waals surface area contributed by atoms with E-state index in [2.05, 4.69) is 9.97 Å². The van der Waals surface area contributed by atoms with E-state index in [9.17, 15) is 4.79 Å². The van der Waals surface area contributed by atoms with Crippen LogP contribution in [0.5, 0.6) is 0 Å². The fraction of sp³-hybridized carbons (Fsp3) is 0.583. The van der Waals surface area contributed by atoms with Gasteiger partial charge in [-0.2, -0.15) is 0 Å². The lowest BCUT2D eigenvalue weighted by molar-refractivity contribution is -0.136. The van der Waals surface area contributed by atoms with Gasteiger partial charge in [0.1, 0.15) is 0 Å². The lowest BCUT2D eigenvalue weighted by atomic mass is 10.3. The van der Waals surface area contributed by atoms with Crippen LogP contribution in [0.2, 0.25) is 0 Å². The third-order valence-electron chi connectivity index (χ3n) is 2.78. The summed E-state index contributed by atoms with van der Waals surface area (Å²) in [7, 11) is 0. The number of carboxylic acid groups (broad SMARTS) is 1. The van der Waals surface area contributed by atoms with E-state index in [0.29, 0.717) is 18.5 Å². The molecule has 0 amide bonds. The Labute approximate surface area is 100 Å². The number of hydrogen-bond donors (Lipinski definition) is 1. The number of nitrogens with zero attached hydrogens (tertiary/aromatic N) is 3. The first-order valence-corrected chi connectivity index (χ1v) is 5.87. The van der Waals surface area contributed by atoms with Crippen LogP contribution >= 0.6 is 0 Å². The number of rotatable bonds is 5. The van der Waals surface area contributed by atoms with Crippen LogP contribution in [0.1, 0.15) is 30.7 Å². The highest BCUT2D eigenvalue weighted by molar-refractivity contribution is 5.67. The van der Waals surface area contributed by atoms with Gasteiger partial charge in [0.05, 0.1) is 6.42 Å². The Morgan fingerprint density at radius 2 is 2.00 bits per heavy atom. The van der Waals surface area contributed by atoms with Gasteiger partial charge in [0, 0.05) is 24.0 Å². The van der Waals surface area contributed by atoms with Crippen LogP contribution in [-0.2, 0) is 4.79 Å². The summed E-state index contributed by atoms with van der Waals surface area (Å²) in [6.45, 7) is 4.35. The number of aliphatic carboxylic acids is 1. The van der Waals surface area contributed by atoms with Gasteiger partial charge >= 0.3 is 5.97 Å². The number of carboxylic acids is 1. The monoisotopic (exact) mass is 235 g/mol. The van der Waals surface area contributed by atoms with Gasteiger partial charge in [-0.25, -0.2) is 9.97 Å². The van der Waals surface area contributed by atoms with E-state index in [0.717, 1.165) is 24.2 Å². The molecule has 0 radical (unpaired) electrons. The zero-order valence-corrected chi connectivity index (χ0v) is 10.2. The zero-order chi connectivity index (χ0) is 12.4. The largest absolute Gasteiger partial charge is 0.481 e. The highest BCUT2D eigenvalue weighted by Gasteiger charge is 2.31. The Bertz CT molecular complexity index is 410. The second kappa shape index (κ2) is 4.69. The molecule has 0 spiro atoms. The van der Waals surface area contributed by atoms with Crippen molar-refractivity contribution in [2.75, 3.05) is 11.4 Å². The summed E-state index contributed by atoms with van der Waals surface area (Å²) < 4.78 is 0. The van der Waals surface area contributed by atoms with Crippen molar-refractivity contribution in [3.8, 4) is 0 Å². The maximum Gasteiger partial charge on any atom is 0.305 e. The minimum Gasteiger partial charge on any atom is -0.481 e. The summed E-state index contributed by atoms with van der Waals surface area (Å²) in [6.07, 6.45) is 2.35. The van der Waals surface area contributed by atoms with Gasteiger partial charge < -0.3 is 10.0 Å². The first-order valence-electron chi connectivity index (χ1n) is 5.87. The first kappa shape index (κ1) is 11.8. The number of hydrogen-bond acceptors (Lipinski definition) is 4.